The van der Waals surface area contributed by atoms with Crippen LogP contribution in [0, 0.1) is 0 Å². The fourth-order valence-electron chi connectivity index (χ4n) is 1.52. The van der Waals surface area contributed by atoms with Crippen LogP contribution in [0.15, 0.2) is 41.5 Å². The maximum absolute atomic E-state index is 11.7. The van der Waals surface area contributed by atoms with Gasteiger partial charge in [0.05, 0.1) is 12.0 Å². The van der Waals surface area contributed by atoms with Crippen molar-refractivity contribution in [1.82, 2.24) is 5.32 Å². The zero-order valence-electron chi connectivity index (χ0n) is 10.9. The van der Waals surface area contributed by atoms with Crippen LogP contribution in [-0.4, -0.2) is 28.1 Å². The van der Waals surface area contributed by atoms with Crippen LogP contribution in [-0.2, 0) is 20.9 Å². The Bertz CT molecular complexity index is 548. The van der Waals surface area contributed by atoms with Crippen molar-refractivity contribution >= 4 is 17.8 Å². The summed E-state index contributed by atoms with van der Waals surface area (Å²) >= 11 is 0. The van der Waals surface area contributed by atoms with Crippen LogP contribution in [0.2, 0.25) is 0 Å². The van der Waals surface area contributed by atoms with Crippen LogP contribution in [0.3, 0.4) is 0 Å². The van der Waals surface area contributed by atoms with Gasteiger partial charge in [-0.05, 0) is 12.5 Å². The van der Waals surface area contributed by atoms with E-state index < -0.39 is 29.8 Å². The summed E-state index contributed by atoms with van der Waals surface area (Å²) in [5, 5.41) is 20.2. The number of aliphatic carboxylic acids is 2. The molecule has 106 valence electrons. The van der Waals surface area contributed by atoms with E-state index in [1.165, 1.54) is 0 Å². The molecule has 6 nitrogen and oxygen atoms in total. The Balaban J connectivity index is 2.67. The van der Waals surface area contributed by atoms with Crippen LogP contribution in [0.4, 0.5) is 0 Å². The normalized spacial score (nSPS) is 11.4. The van der Waals surface area contributed by atoms with Crippen molar-refractivity contribution in [1.29, 1.82) is 0 Å². The van der Waals surface area contributed by atoms with Gasteiger partial charge in [0.1, 0.15) is 0 Å². The fourth-order valence-corrected chi connectivity index (χ4v) is 1.52. The lowest BCUT2D eigenvalue weighted by Gasteiger charge is -2.07. The number of amides is 1. The standard InChI is InChI=1S/C14H15NO5/c1-9(13(17)18)11(14(19)20)7-12(16)15-8-10-5-3-2-4-6-10/h2-6H,7-8H2,1H3,(H,15,16)(H,17,18)(H,19,20). The molecule has 1 aromatic carbocycles. The Labute approximate surface area is 115 Å². The molecule has 1 aromatic rings. The average molecular weight is 277 g/mol. The van der Waals surface area contributed by atoms with Gasteiger partial charge in [-0.15, -0.1) is 0 Å². The first-order valence-electron chi connectivity index (χ1n) is 5.88. The second-order valence-electron chi connectivity index (χ2n) is 4.15. The third kappa shape index (κ3) is 4.56. The van der Waals surface area contributed by atoms with Gasteiger partial charge in [0, 0.05) is 12.1 Å². The highest BCUT2D eigenvalue weighted by Gasteiger charge is 2.19. The number of benzene rings is 1. The number of rotatable bonds is 6. The van der Waals surface area contributed by atoms with E-state index in [1.54, 1.807) is 0 Å². The molecule has 0 spiro atoms. The molecule has 0 saturated heterocycles. The highest BCUT2D eigenvalue weighted by atomic mass is 16.4. The van der Waals surface area contributed by atoms with E-state index in [0.717, 1.165) is 12.5 Å². The van der Waals surface area contributed by atoms with Crippen molar-refractivity contribution in [3.05, 3.63) is 47.0 Å². The summed E-state index contributed by atoms with van der Waals surface area (Å²) in [5.41, 5.74) is 0.118. The molecule has 0 aliphatic heterocycles. The molecule has 0 fully saturated rings. The van der Waals surface area contributed by atoms with Crippen LogP contribution in [0.5, 0.6) is 0 Å². The SMILES string of the molecule is CC(C(=O)O)=C(CC(=O)NCc1ccccc1)C(=O)O. The monoisotopic (exact) mass is 277 g/mol. The summed E-state index contributed by atoms with van der Waals surface area (Å²) in [4.78, 5) is 33.4. The number of carbonyl (C=O) groups is 3. The third-order valence-corrected chi connectivity index (χ3v) is 2.70. The first-order valence-corrected chi connectivity index (χ1v) is 5.88. The lowest BCUT2D eigenvalue weighted by atomic mass is 10.1. The van der Waals surface area contributed by atoms with Crippen molar-refractivity contribution in [3.8, 4) is 0 Å². The van der Waals surface area contributed by atoms with Gasteiger partial charge in [0.25, 0.3) is 0 Å². The Hall–Kier alpha value is -2.63. The number of hydrogen-bond donors (Lipinski definition) is 3. The molecule has 6 heteroatoms. The maximum atomic E-state index is 11.7. The van der Waals surface area contributed by atoms with E-state index in [-0.39, 0.29) is 12.1 Å². The summed E-state index contributed by atoms with van der Waals surface area (Å²) in [7, 11) is 0. The molecule has 0 atom stereocenters. The number of carboxylic acids is 2. The van der Waals surface area contributed by atoms with Gasteiger partial charge < -0.3 is 15.5 Å². The van der Waals surface area contributed by atoms with Crippen molar-refractivity contribution < 1.29 is 24.6 Å². The first-order chi connectivity index (χ1) is 9.41. The van der Waals surface area contributed by atoms with Crippen molar-refractivity contribution in [2.45, 2.75) is 19.9 Å². The quantitative estimate of drug-likeness (QED) is 0.677. The number of nitrogens with one attached hydrogen (secondary N) is 1. The molecule has 0 aliphatic carbocycles. The molecule has 1 rings (SSSR count). The van der Waals surface area contributed by atoms with Crippen LogP contribution < -0.4 is 5.32 Å². The average Bonchev–Trinajstić information content (AvgIpc) is 2.42. The van der Waals surface area contributed by atoms with Gasteiger partial charge in [-0.25, -0.2) is 9.59 Å². The predicted octanol–water partition coefficient (Wildman–Crippen LogP) is 1.18. The second-order valence-corrected chi connectivity index (χ2v) is 4.15. The molecule has 1 amide bonds. The van der Waals surface area contributed by atoms with Crippen LogP contribution in [0.25, 0.3) is 0 Å². The summed E-state index contributed by atoms with van der Waals surface area (Å²) in [6.07, 6.45) is -0.472. The van der Waals surface area contributed by atoms with Crippen molar-refractivity contribution in [3.63, 3.8) is 0 Å². The highest BCUT2D eigenvalue weighted by Crippen LogP contribution is 2.10. The molecular weight excluding hydrogens is 262 g/mol. The lowest BCUT2D eigenvalue weighted by Crippen LogP contribution is -2.25. The maximum Gasteiger partial charge on any atom is 0.332 e. The Morgan fingerprint density at radius 2 is 1.65 bits per heavy atom. The Kier molecular flexibility index (Phi) is 5.46. The van der Waals surface area contributed by atoms with Gasteiger partial charge in [-0.3, -0.25) is 4.79 Å². The smallest absolute Gasteiger partial charge is 0.332 e. The van der Waals surface area contributed by atoms with Crippen molar-refractivity contribution in [2.75, 3.05) is 0 Å². The summed E-state index contributed by atoms with van der Waals surface area (Å²) in [5.74, 6) is -3.29. The fraction of sp³-hybridized carbons (Fsp3) is 0.214. The Morgan fingerprint density at radius 3 is 2.15 bits per heavy atom. The van der Waals surface area contributed by atoms with Crippen LogP contribution in [0.1, 0.15) is 18.9 Å². The van der Waals surface area contributed by atoms with Gasteiger partial charge in [-0.2, -0.15) is 0 Å². The first kappa shape index (κ1) is 15.4. The molecule has 0 saturated carbocycles. The highest BCUT2D eigenvalue weighted by molar-refractivity contribution is 6.01. The molecule has 0 radical (unpaired) electrons. The van der Waals surface area contributed by atoms with E-state index in [4.69, 9.17) is 10.2 Å². The molecular formula is C14H15NO5. The number of carboxylic acid groups (broad SMARTS) is 2. The number of carbonyl (C=O) groups excluding carboxylic acids is 1. The van der Waals surface area contributed by atoms with E-state index >= 15 is 0 Å². The van der Waals surface area contributed by atoms with Gasteiger partial charge in [0.2, 0.25) is 5.91 Å². The summed E-state index contributed by atoms with van der Waals surface area (Å²) in [6, 6.07) is 9.11. The molecule has 0 aliphatic rings. The van der Waals surface area contributed by atoms with E-state index in [0.29, 0.717) is 0 Å². The Morgan fingerprint density at radius 1 is 1.05 bits per heavy atom. The topological polar surface area (TPSA) is 104 Å². The minimum absolute atomic E-state index is 0.263. The van der Waals surface area contributed by atoms with E-state index in [9.17, 15) is 14.4 Å². The molecule has 0 aromatic heterocycles. The van der Waals surface area contributed by atoms with Gasteiger partial charge in [-0.1, -0.05) is 30.3 Å². The lowest BCUT2D eigenvalue weighted by molar-refractivity contribution is -0.136. The molecule has 0 bridgehead atoms. The molecule has 0 unspecified atom stereocenters. The summed E-state index contributed by atoms with van der Waals surface area (Å²) in [6.45, 7) is 1.43. The third-order valence-electron chi connectivity index (χ3n) is 2.70. The zero-order chi connectivity index (χ0) is 15.1. The van der Waals surface area contributed by atoms with Gasteiger partial charge >= 0.3 is 11.9 Å². The van der Waals surface area contributed by atoms with E-state index in [1.807, 2.05) is 30.3 Å². The minimum Gasteiger partial charge on any atom is -0.478 e. The number of hydrogen-bond acceptors (Lipinski definition) is 3. The molecule has 20 heavy (non-hydrogen) atoms. The molecule has 0 heterocycles. The largest absolute Gasteiger partial charge is 0.478 e. The van der Waals surface area contributed by atoms with Crippen LogP contribution >= 0.6 is 0 Å². The second kappa shape index (κ2) is 7.08. The van der Waals surface area contributed by atoms with Crippen molar-refractivity contribution in [2.24, 2.45) is 0 Å². The minimum atomic E-state index is -1.40. The van der Waals surface area contributed by atoms with E-state index in [2.05, 4.69) is 5.32 Å². The molecule has 3 N–H and O–H groups in total. The van der Waals surface area contributed by atoms with Gasteiger partial charge in [0.15, 0.2) is 0 Å². The zero-order valence-corrected chi connectivity index (χ0v) is 10.9. The predicted molar refractivity (Wildman–Crippen MR) is 70.9 cm³/mol. The summed E-state index contributed by atoms with van der Waals surface area (Å²) < 4.78 is 0.